The van der Waals surface area contributed by atoms with Gasteiger partial charge in [-0.15, -0.1) is 0 Å². The second-order valence-corrected chi connectivity index (χ2v) is 3.77. The molecule has 0 saturated carbocycles. The molecular weight excluding hydrogens is 247 g/mol. The van der Waals surface area contributed by atoms with Crippen LogP contribution in [0.15, 0.2) is 36.7 Å². The third kappa shape index (κ3) is 2.62. The Balaban J connectivity index is 2.11. The zero-order valence-electron chi connectivity index (χ0n) is 8.23. The van der Waals surface area contributed by atoms with Crippen LogP contribution in [0.4, 0.5) is 0 Å². The molecule has 1 aromatic heterocycles. The second kappa shape index (κ2) is 5.14. The molecule has 0 unspecified atom stereocenters. The zero-order valence-corrected chi connectivity index (χ0v) is 9.74. The first kappa shape index (κ1) is 11.2. The van der Waals surface area contributed by atoms with Crippen LogP contribution >= 0.6 is 23.2 Å². The topological polar surface area (TPSA) is 35.0 Å². The third-order valence-corrected chi connectivity index (χ3v) is 2.48. The van der Waals surface area contributed by atoms with Crippen LogP contribution in [-0.4, -0.2) is 9.97 Å². The van der Waals surface area contributed by atoms with Crippen molar-refractivity contribution in [1.29, 1.82) is 0 Å². The summed E-state index contributed by atoms with van der Waals surface area (Å²) in [4.78, 5) is 7.59. The van der Waals surface area contributed by atoms with E-state index in [0.29, 0.717) is 12.4 Å². The van der Waals surface area contributed by atoms with Crippen molar-refractivity contribution in [1.82, 2.24) is 9.97 Å². The van der Waals surface area contributed by atoms with Gasteiger partial charge in [-0.1, -0.05) is 53.5 Å². The summed E-state index contributed by atoms with van der Waals surface area (Å²) in [6.07, 6.45) is 1.29. The number of benzene rings is 1. The van der Waals surface area contributed by atoms with Gasteiger partial charge in [-0.2, -0.15) is 0 Å². The van der Waals surface area contributed by atoms with Gasteiger partial charge >= 0.3 is 0 Å². The molecule has 82 valence electrons. The summed E-state index contributed by atoms with van der Waals surface area (Å²) in [7, 11) is 0. The summed E-state index contributed by atoms with van der Waals surface area (Å²) in [5.41, 5.74) is 1.03. The highest BCUT2D eigenvalue weighted by Gasteiger charge is 2.09. The Labute approximate surface area is 103 Å². The Bertz CT molecular complexity index is 456. The molecule has 0 spiro atoms. The summed E-state index contributed by atoms with van der Waals surface area (Å²) in [6.45, 7) is 0.383. The van der Waals surface area contributed by atoms with E-state index in [0.717, 1.165) is 5.56 Å². The van der Waals surface area contributed by atoms with Gasteiger partial charge in [-0.05, 0) is 5.56 Å². The first-order valence-electron chi connectivity index (χ1n) is 4.60. The molecule has 1 aromatic carbocycles. The minimum Gasteiger partial charge on any atom is -0.483 e. The Morgan fingerprint density at radius 2 is 1.62 bits per heavy atom. The molecule has 0 saturated heterocycles. The largest absolute Gasteiger partial charge is 0.483 e. The predicted molar refractivity (Wildman–Crippen MR) is 62.8 cm³/mol. The molecule has 0 aliphatic heterocycles. The van der Waals surface area contributed by atoms with Crippen molar-refractivity contribution in [3.05, 3.63) is 52.5 Å². The molecular formula is C11H8Cl2N2O. The lowest BCUT2D eigenvalue weighted by Gasteiger charge is -2.07. The molecule has 5 heteroatoms. The lowest BCUT2D eigenvalue weighted by atomic mass is 10.2. The molecule has 2 rings (SSSR count). The number of aromatic nitrogens is 2. The first-order valence-corrected chi connectivity index (χ1v) is 5.35. The molecule has 2 aromatic rings. The van der Waals surface area contributed by atoms with Crippen LogP contribution in [0.2, 0.25) is 10.3 Å². The van der Waals surface area contributed by atoms with Crippen LogP contribution in [0.25, 0.3) is 0 Å². The molecule has 1 heterocycles. The normalized spacial score (nSPS) is 10.1. The lowest BCUT2D eigenvalue weighted by molar-refractivity contribution is 0.304. The summed E-state index contributed by atoms with van der Waals surface area (Å²) in [6, 6.07) is 9.71. The summed E-state index contributed by atoms with van der Waals surface area (Å²) >= 11 is 11.7. The highest BCUT2D eigenvalue weighted by molar-refractivity contribution is 6.35. The van der Waals surface area contributed by atoms with Gasteiger partial charge in [0.15, 0.2) is 16.1 Å². The maximum absolute atomic E-state index is 5.84. The minimum absolute atomic E-state index is 0.218. The second-order valence-electron chi connectivity index (χ2n) is 3.06. The SMILES string of the molecule is Clc1ncnc(Cl)c1OCc1ccccc1. The Morgan fingerprint density at radius 1 is 1.00 bits per heavy atom. The maximum atomic E-state index is 5.84. The van der Waals surface area contributed by atoms with Crippen LogP contribution in [-0.2, 0) is 6.61 Å². The highest BCUT2D eigenvalue weighted by atomic mass is 35.5. The summed E-state index contributed by atoms with van der Waals surface area (Å²) in [5.74, 6) is 0.315. The average Bonchev–Trinajstić information content (AvgIpc) is 2.30. The first-order chi connectivity index (χ1) is 7.77. The lowest BCUT2D eigenvalue weighted by Crippen LogP contribution is -1.98. The summed E-state index contributed by atoms with van der Waals surface area (Å²) < 4.78 is 5.46. The zero-order chi connectivity index (χ0) is 11.4. The number of halogens is 2. The monoisotopic (exact) mass is 254 g/mol. The van der Waals surface area contributed by atoms with E-state index < -0.39 is 0 Å². The molecule has 0 radical (unpaired) electrons. The van der Waals surface area contributed by atoms with Crippen LogP contribution in [0, 0.1) is 0 Å². The standard InChI is InChI=1S/C11H8Cl2N2O/c12-10-9(11(13)15-7-14-10)16-6-8-4-2-1-3-5-8/h1-5,7H,6H2. The molecule has 0 N–H and O–H groups in total. The van der Waals surface area contributed by atoms with Gasteiger partial charge < -0.3 is 4.74 Å². The van der Waals surface area contributed by atoms with Crippen molar-refractivity contribution in [2.45, 2.75) is 6.61 Å². The van der Waals surface area contributed by atoms with Crippen molar-refractivity contribution >= 4 is 23.2 Å². The Morgan fingerprint density at radius 3 is 2.25 bits per heavy atom. The van der Waals surface area contributed by atoms with Gasteiger partial charge in [0.05, 0.1) is 0 Å². The van der Waals surface area contributed by atoms with Gasteiger partial charge in [-0.25, -0.2) is 9.97 Å². The van der Waals surface area contributed by atoms with Crippen molar-refractivity contribution in [2.75, 3.05) is 0 Å². The molecule has 0 bridgehead atoms. The van der Waals surface area contributed by atoms with Crippen molar-refractivity contribution < 1.29 is 4.74 Å². The van der Waals surface area contributed by atoms with E-state index in [2.05, 4.69) is 9.97 Å². The van der Waals surface area contributed by atoms with Gasteiger partial charge in [0, 0.05) is 0 Å². The summed E-state index contributed by atoms with van der Waals surface area (Å²) in [5, 5.41) is 0.437. The fraction of sp³-hybridized carbons (Fsp3) is 0.0909. The van der Waals surface area contributed by atoms with E-state index in [-0.39, 0.29) is 10.3 Å². The van der Waals surface area contributed by atoms with Crippen LogP contribution < -0.4 is 4.74 Å². The fourth-order valence-corrected chi connectivity index (χ4v) is 1.61. The molecule has 0 aliphatic carbocycles. The van der Waals surface area contributed by atoms with Gasteiger partial charge in [0.25, 0.3) is 0 Å². The van der Waals surface area contributed by atoms with Crippen LogP contribution in [0.1, 0.15) is 5.56 Å². The molecule has 0 aliphatic rings. The predicted octanol–water partition coefficient (Wildman–Crippen LogP) is 3.36. The molecule has 0 atom stereocenters. The molecule has 3 nitrogen and oxygen atoms in total. The van der Waals surface area contributed by atoms with E-state index in [1.54, 1.807) is 0 Å². The van der Waals surface area contributed by atoms with Crippen LogP contribution in [0.5, 0.6) is 5.75 Å². The van der Waals surface area contributed by atoms with E-state index in [1.807, 2.05) is 30.3 Å². The fourth-order valence-electron chi connectivity index (χ4n) is 1.18. The molecule has 0 fully saturated rings. The van der Waals surface area contributed by atoms with Crippen LogP contribution in [0.3, 0.4) is 0 Å². The quantitative estimate of drug-likeness (QED) is 0.789. The Hall–Kier alpha value is -1.32. The maximum Gasteiger partial charge on any atom is 0.194 e. The van der Waals surface area contributed by atoms with Gasteiger partial charge in [-0.3, -0.25) is 0 Å². The highest BCUT2D eigenvalue weighted by Crippen LogP contribution is 2.29. The smallest absolute Gasteiger partial charge is 0.194 e. The third-order valence-electron chi connectivity index (χ3n) is 1.94. The van der Waals surface area contributed by atoms with Crippen molar-refractivity contribution in [2.24, 2.45) is 0 Å². The number of hydrogen-bond donors (Lipinski definition) is 0. The van der Waals surface area contributed by atoms with Crippen molar-refractivity contribution in [3.8, 4) is 5.75 Å². The number of hydrogen-bond acceptors (Lipinski definition) is 3. The van der Waals surface area contributed by atoms with E-state index >= 15 is 0 Å². The molecule has 0 amide bonds. The van der Waals surface area contributed by atoms with E-state index in [4.69, 9.17) is 27.9 Å². The minimum atomic E-state index is 0.218. The van der Waals surface area contributed by atoms with E-state index in [1.165, 1.54) is 6.33 Å². The van der Waals surface area contributed by atoms with E-state index in [9.17, 15) is 0 Å². The molecule has 16 heavy (non-hydrogen) atoms. The van der Waals surface area contributed by atoms with Gasteiger partial charge in [0.1, 0.15) is 12.9 Å². The number of nitrogens with zero attached hydrogens (tertiary/aromatic N) is 2. The van der Waals surface area contributed by atoms with Crippen molar-refractivity contribution in [3.63, 3.8) is 0 Å². The Kier molecular flexibility index (Phi) is 3.59. The number of ether oxygens (including phenoxy) is 1. The number of rotatable bonds is 3. The average molecular weight is 255 g/mol. The van der Waals surface area contributed by atoms with Gasteiger partial charge in [0.2, 0.25) is 0 Å².